The van der Waals surface area contributed by atoms with Gasteiger partial charge in [0.25, 0.3) is 0 Å². The van der Waals surface area contributed by atoms with Gasteiger partial charge in [-0.25, -0.2) is 4.39 Å². The molecular weight excluding hydrogens is 317 g/mol. The first-order chi connectivity index (χ1) is 8.56. The second-order valence-corrected chi connectivity index (χ2v) is 5.34. The van der Waals surface area contributed by atoms with E-state index < -0.39 is 0 Å². The fourth-order valence-electron chi connectivity index (χ4n) is 1.70. The molecule has 0 aromatic heterocycles. The van der Waals surface area contributed by atoms with Gasteiger partial charge in [-0.3, -0.25) is 0 Å². The van der Waals surface area contributed by atoms with Crippen molar-refractivity contribution in [2.45, 2.75) is 13.0 Å². The van der Waals surface area contributed by atoms with Crippen molar-refractivity contribution in [3.05, 3.63) is 63.3 Å². The van der Waals surface area contributed by atoms with Crippen LogP contribution in [-0.4, -0.2) is 0 Å². The van der Waals surface area contributed by atoms with Gasteiger partial charge in [0.1, 0.15) is 5.82 Å². The van der Waals surface area contributed by atoms with Crippen molar-refractivity contribution in [3.63, 3.8) is 0 Å². The summed E-state index contributed by atoms with van der Waals surface area (Å²) >= 11 is 9.07. The Labute approximate surface area is 119 Å². The third kappa shape index (κ3) is 3.24. The fraction of sp³-hybridized carbons (Fsp3) is 0.143. The maximum atomic E-state index is 13.4. The summed E-state index contributed by atoms with van der Waals surface area (Å²) in [7, 11) is 0. The minimum atomic E-state index is -0.279. The van der Waals surface area contributed by atoms with E-state index in [1.807, 2.05) is 37.3 Å². The molecule has 4 heteroatoms. The predicted octanol–water partition coefficient (Wildman–Crippen LogP) is 5.41. The topological polar surface area (TPSA) is 12.0 Å². The predicted molar refractivity (Wildman–Crippen MR) is 77.6 cm³/mol. The molecule has 0 aliphatic heterocycles. The van der Waals surface area contributed by atoms with Crippen LogP contribution in [0.3, 0.4) is 0 Å². The van der Waals surface area contributed by atoms with Crippen molar-refractivity contribution in [2.24, 2.45) is 0 Å². The third-order valence-corrected chi connectivity index (χ3v) is 3.53. The van der Waals surface area contributed by atoms with Crippen LogP contribution in [0.4, 0.5) is 10.1 Å². The molecule has 0 spiro atoms. The SMILES string of the molecule is CC(Nc1ccc(Br)c(F)c1)c1cccc(Cl)c1. The van der Waals surface area contributed by atoms with E-state index in [0.29, 0.717) is 9.50 Å². The van der Waals surface area contributed by atoms with Crippen LogP contribution in [0.25, 0.3) is 0 Å². The Morgan fingerprint density at radius 1 is 1.22 bits per heavy atom. The van der Waals surface area contributed by atoms with E-state index >= 15 is 0 Å². The summed E-state index contributed by atoms with van der Waals surface area (Å²) in [5.41, 5.74) is 1.80. The lowest BCUT2D eigenvalue weighted by Gasteiger charge is -2.16. The molecular formula is C14H12BrClFN. The lowest BCUT2D eigenvalue weighted by molar-refractivity contribution is 0.621. The monoisotopic (exact) mass is 327 g/mol. The van der Waals surface area contributed by atoms with E-state index in [1.54, 1.807) is 6.07 Å². The van der Waals surface area contributed by atoms with Crippen LogP contribution in [0.15, 0.2) is 46.9 Å². The number of nitrogens with one attached hydrogen (secondary N) is 1. The molecule has 1 unspecified atom stereocenters. The highest BCUT2D eigenvalue weighted by molar-refractivity contribution is 9.10. The number of hydrogen-bond acceptors (Lipinski definition) is 1. The molecule has 0 aliphatic carbocycles. The van der Waals surface area contributed by atoms with Crippen molar-refractivity contribution in [1.29, 1.82) is 0 Å². The minimum absolute atomic E-state index is 0.0595. The molecule has 0 fully saturated rings. The van der Waals surface area contributed by atoms with E-state index in [-0.39, 0.29) is 11.9 Å². The molecule has 0 bridgehead atoms. The van der Waals surface area contributed by atoms with Gasteiger partial charge in [-0.15, -0.1) is 0 Å². The maximum Gasteiger partial charge on any atom is 0.139 e. The van der Waals surface area contributed by atoms with Crippen LogP contribution >= 0.6 is 27.5 Å². The summed E-state index contributed by atoms with van der Waals surface area (Å²) in [6, 6.07) is 12.6. The Bertz CT molecular complexity index is 559. The first kappa shape index (κ1) is 13.4. The van der Waals surface area contributed by atoms with Gasteiger partial charge in [-0.1, -0.05) is 23.7 Å². The lowest BCUT2D eigenvalue weighted by Crippen LogP contribution is -2.06. The average molecular weight is 329 g/mol. The van der Waals surface area contributed by atoms with Crippen LogP contribution in [0.5, 0.6) is 0 Å². The van der Waals surface area contributed by atoms with Gasteiger partial charge in [0, 0.05) is 16.8 Å². The van der Waals surface area contributed by atoms with Gasteiger partial charge in [0.15, 0.2) is 0 Å². The zero-order valence-electron chi connectivity index (χ0n) is 9.75. The number of benzene rings is 2. The summed E-state index contributed by atoms with van der Waals surface area (Å²) in [4.78, 5) is 0. The molecule has 0 amide bonds. The first-order valence-corrected chi connectivity index (χ1v) is 6.70. The second kappa shape index (κ2) is 5.72. The minimum Gasteiger partial charge on any atom is -0.378 e. The van der Waals surface area contributed by atoms with Crippen LogP contribution in [-0.2, 0) is 0 Å². The molecule has 2 rings (SSSR count). The zero-order chi connectivity index (χ0) is 13.1. The Morgan fingerprint density at radius 2 is 2.00 bits per heavy atom. The molecule has 1 atom stereocenters. The van der Waals surface area contributed by atoms with E-state index in [1.165, 1.54) is 6.07 Å². The Morgan fingerprint density at radius 3 is 2.67 bits per heavy atom. The molecule has 2 aromatic carbocycles. The summed E-state index contributed by atoms with van der Waals surface area (Å²) in [5, 5.41) is 3.93. The van der Waals surface area contributed by atoms with E-state index in [2.05, 4.69) is 21.2 Å². The molecule has 0 heterocycles. The Kier molecular flexibility index (Phi) is 4.25. The molecule has 94 valence electrons. The number of halogens is 3. The first-order valence-electron chi connectivity index (χ1n) is 5.53. The molecule has 0 aliphatic rings. The number of hydrogen-bond donors (Lipinski definition) is 1. The summed E-state index contributed by atoms with van der Waals surface area (Å²) in [6.07, 6.45) is 0. The van der Waals surface area contributed by atoms with Crippen molar-refractivity contribution in [2.75, 3.05) is 5.32 Å². The van der Waals surface area contributed by atoms with Crippen LogP contribution in [0.2, 0.25) is 5.02 Å². The molecule has 0 radical (unpaired) electrons. The van der Waals surface area contributed by atoms with Crippen molar-refractivity contribution >= 4 is 33.2 Å². The molecule has 0 saturated heterocycles. The summed E-state index contributed by atoms with van der Waals surface area (Å²) < 4.78 is 13.8. The van der Waals surface area contributed by atoms with Gasteiger partial charge in [0.2, 0.25) is 0 Å². The number of rotatable bonds is 3. The molecule has 18 heavy (non-hydrogen) atoms. The van der Waals surface area contributed by atoms with Crippen molar-refractivity contribution in [3.8, 4) is 0 Å². The van der Waals surface area contributed by atoms with Gasteiger partial charge in [-0.2, -0.15) is 0 Å². The third-order valence-electron chi connectivity index (χ3n) is 2.65. The largest absolute Gasteiger partial charge is 0.378 e. The van der Waals surface area contributed by atoms with Crippen molar-refractivity contribution in [1.82, 2.24) is 0 Å². The molecule has 2 aromatic rings. The van der Waals surface area contributed by atoms with Crippen LogP contribution in [0, 0.1) is 5.82 Å². The summed E-state index contributed by atoms with van der Waals surface area (Å²) in [5.74, 6) is -0.279. The average Bonchev–Trinajstić information content (AvgIpc) is 2.34. The van der Waals surface area contributed by atoms with E-state index in [0.717, 1.165) is 11.3 Å². The Hall–Kier alpha value is -1.06. The van der Waals surface area contributed by atoms with E-state index in [9.17, 15) is 4.39 Å². The quantitative estimate of drug-likeness (QED) is 0.794. The fourth-order valence-corrected chi connectivity index (χ4v) is 2.14. The van der Waals surface area contributed by atoms with Gasteiger partial charge in [0.05, 0.1) is 4.47 Å². The zero-order valence-corrected chi connectivity index (χ0v) is 12.1. The summed E-state index contributed by atoms with van der Waals surface area (Å²) in [6.45, 7) is 2.01. The molecule has 1 nitrogen and oxygen atoms in total. The van der Waals surface area contributed by atoms with Crippen LogP contribution in [0.1, 0.15) is 18.5 Å². The van der Waals surface area contributed by atoms with E-state index in [4.69, 9.17) is 11.6 Å². The van der Waals surface area contributed by atoms with Gasteiger partial charge >= 0.3 is 0 Å². The highest BCUT2D eigenvalue weighted by atomic mass is 79.9. The van der Waals surface area contributed by atoms with Crippen molar-refractivity contribution < 1.29 is 4.39 Å². The maximum absolute atomic E-state index is 13.4. The smallest absolute Gasteiger partial charge is 0.139 e. The molecule has 1 N–H and O–H groups in total. The highest BCUT2D eigenvalue weighted by Gasteiger charge is 2.07. The number of anilines is 1. The lowest BCUT2D eigenvalue weighted by atomic mass is 10.1. The van der Waals surface area contributed by atoms with Crippen LogP contribution < -0.4 is 5.32 Å². The molecule has 0 saturated carbocycles. The van der Waals surface area contributed by atoms with Gasteiger partial charge < -0.3 is 5.32 Å². The standard InChI is InChI=1S/C14H12BrClFN/c1-9(10-3-2-4-11(16)7-10)18-12-5-6-13(15)14(17)8-12/h2-9,18H,1H3. The Balaban J connectivity index is 2.16. The second-order valence-electron chi connectivity index (χ2n) is 4.05. The van der Waals surface area contributed by atoms with Gasteiger partial charge in [-0.05, 0) is 58.7 Å². The normalized spacial score (nSPS) is 12.2. The highest BCUT2D eigenvalue weighted by Crippen LogP contribution is 2.24.